The van der Waals surface area contributed by atoms with Gasteiger partial charge in [0.2, 0.25) is 0 Å². The summed E-state index contributed by atoms with van der Waals surface area (Å²) in [5.41, 5.74) is 6.50. The van der Waals surface area contributed by atoms with Gasteiger partial charge in [-0.2, -0.15) is 0 Å². The molecule has 2 fully saturated rings. The molecule has 1 saturated carbocycles. The molecule has 1 aromatic carbocycles. The number of nitrogens with zero attached hydrogens (tertiary/aromatic N) is 3. The van der Waals surface area contributed by atoms with Gasteiger partial charge in [-0.3, -0.25) is 9.98 Å². The molecule has 5 rings (SSSR count). The van der Waals surface area contributed by atoms with Crippen molar-refractivity contribution in [1.29, 1.82) is 0 Å². The maximum absolute atomic E-state index is 15.5. The molecule has 1 aliphatic carbocycles. The molecular weight excluding hydrogens is 594 g/mol. The summed E-state index contributed by atoms with van der Waals surface area (Å²) < 4.78 is 41.1. The first-order valence-corrected chi connectivity index (χ1v) is 17.3. The highest BCUT2D eigenvalue weighted by molar-refractivity contribution is 5.89. The predicted octanol–water partition coefficient (Wildman–Crippen LogP) is 10.5. The lowest BCUT2D eigenvalue weighted by Gasteiger charge is -2.40. The molecule has 2 aromatic rings. The Balaban J connectivity index is 0.000000877. The number of benzene rings is 1. The van der Waals surface area contributed by atoms with Crippen LogP contribution in [0.3, 0.4) is 0 Å². The van der Waals surface area contributed by atoms with E-state index in [0.717, 1.165) is 66.4 Å². The lowest BCUT2D eigenvalue weighted by Crippen LogP contribution is -2.37. The number of fused-ring (bicyclic) bond motifs is 2. The van der Waals surface area contributed by atoms with Crippen LogP contribution in [0.4, 0.5) is 14.5 Å². The second-order valence-electron chi connectivity index (χ2n) is 10.9. The van der Waals surface area contributed by atoms with Gasteiger partial charge < -0.3 is 19.7 Å². The number of ether oxygens (including phenoxy) is 2. The number of hydrogen-bond donors (Lipinski definition) is 1. The van der Waals surface area contributed by atoms with Gasteiger partial charge in [-0.15, -0.1) is 0 Å². The van der Waals surface area contributed by atoms with Gasteiger partial charge in [-0.05, 0) is 87.3 Å². The number of allylic oxidation sites excluding steroid dienone is 5. The highest BCUT2D eigenvalue weighted by atomic mass is 19.1. The summed E-state index contributed by atoms with van der Waals surface area (Å²) in [6.07, 6.45) is 10.8. The SMILES string of the molecule is C1CCOC1.C=C(C)N/C(C=NC)=C(/C)c1cc2c(cn1)CN(c1c(F)c(C)cc(OC)c1F)C(=CCC)C21CC1.CC.CC.CC. The van der Waals surface area contributed by atoms with Gasteiger partial charge in [0, 0.05) is 56.0 Å². The van der Waals surface area contributed by atoms with E-state index in [4.69, 9.17) is 14.5 Å². The summed E-state index contributed by atoms with van der Waals surface area (Å²) in [5.74, 6) is -1.20. The van der Waals surface area contributed by atoms with Crippen molar-refractivity contribution in [2.24, 2.45) is 4.99 Å². The molecule has 8 heteroatoms. The Bertz CT molecular complexity index is 1380. The molecule has 0 atom stereocenters. The Morgan fingerprint density at radius 3 is 2.17 bits per heavy atom. The number of aryl methyl sites for hydroxylation is 1. The summed E-state index contributed by atoms with van der Waals surface area (Å²) >= 11 is 0. The number of anilines is 1. The topological polar surface area (TPSA) is 59.0 Å². The van der Waals surface area contributed by atoms with Crippen molar-refractivity contribution in [2.45, 2.75) is 113 Å². The number of hydrogen-bond acceptors (Lipinski definition) is 6. The molecule has 2 aliphatic heterocycles. The van der Waals surface area contributed by atoms with Crippen LogP contribution in [0.25, 0.3) is 5.57 Å². The fourth-order valence-electron chi connectivity index (χ4n) is 5.60. The fourth-order valence-corrected chi connectivity index (χ4v) is 5.60. The van der Waals surface area contributed by atoms with E-state index in [1.54, 1.807) is 25.1 Å². The van der Waals surface area contributed by atoms with Crippen molar-refractivity contribution in [1.82, 2.24) is 10.3 Å². The molecule has 1 spiro atoms. The molecule has 0 radical (unpaired) electrons. The Labute approximate surface area is 284 Å². The molecule has 1 N–H and O–H groups in total. The predicted molar refractivity (Wildman–Crippen MR) is 196 cm³/mol. The van der Waals surface area contributed by atoms with Gasteiger partial charge in [0.15, 0.2) is 17.4 Å². The van der Waals surface area contributed by atoms with E-state index in [1.807, 2.05) is 68.5 Å². The van der Waals surface area contributed by atoms with E-state index < -0.39 is 11.6 Å². The minimum Gasteiger partial charge on any atom is -0.494 e. The van der Waals surface area contributed by atoms with Crippen LogP contribution in [0.1, 0.15) is 117 Å². The minimum absolute atomic E-state index is 0.0414. The van der Waals surface area contributed by atoms with Crippen LogP contribution in [-0.4, -0.2) is 38.6 Å². The van der Waals surface area contributed by atoms with E-state index >= 15 is 8.78 Å². The molecule has 0 unspecified atom stereocenters. The summed E-state index contributed by atoms with van der Waals surface area (Å²) in [5, 5.41) is 3.26. The standard InChI is InChI=1S/C29H34F2N4O.C4H8O.3C2H6/c1-8-9-25-29(10-11-29)21-13-22(19(5)23(15-32-6)34-17(2)3)33-14-20(21)16-35(25)28-26(30)18(4)12-24(36-7)27(28)31;1-2-4-5-3-1;3*1-2/h9,12-15,34H,2,8,10-11,16H2,1,3-7H3;1-4H2;3*1-2H3/b23-19-,25-9?,32-15?;;;;. The number of rotatable bonds is 7. The molecule has 47 heavy (non-hydrogen) atoms. The first kappa shape index (κ1) is 41.5. The van der Waals surface area contributed by atoms with Gasteiger partial charge in [0.25, 0.3) is 0 Å². The molecular formula is C39H60F2N4O2. The maximum atomic E-state index is 15.5. The van der Waals surface area contributed by atoms with Gasteiger partial charge >= 0.3 is 0 Å². The number of nitrogens with one attached hydrogen (secondary N) is 1. The highest BCUT2D eigenvalue weighted by Crippen LogP contribution is 2.59. The number of pyridine rings is 1. The van der Waals surface area contributed by atoms with E-state index in [0.29, 0.717) is 12.1 Å². The number of methoxy groups -OCH3 is 1. The Hall–Kier alpha value is -3.52. The normalized spacial score (nSPS) is 16.6. The number of aromatic nitrogens is 1. The van der Waals surface area contributed by atoms with E-state index in [-0.39, 0.29) is 16.9 Å². The van der Waals surface area contributed by atoms with Crippen molar-refractivity contribution >= 4 is 17.5 Å². The summed E-state index contributed by atoms with van der Waals surface area (Å²) in [7, 11) is 3.12. The Morgan fingerprint density at radius 1 is 1.09 bits per heavy atom. The summed E-state index contributed by atoms with van der Waals surface area (Å²) in [4.78, 5) is 10.7. The van der Waals surface area contributed by atoms with Crippen molar-refractivity contribution in [3.05, 3.63) is 82.1 Å². The van der Waals surface area contributed by atoms with Crippen LogP contribution in [0.5, 0.6) is 5.75 Å². The first-order chi connectivity index (χ1) is 22.7. The second-order valence-corrected chi connectivity index (χ2v) is 10.9. The van der Waals surface area contributed by atoms with E-state index in [2.05, 4.69) is 29.0 Å². The fraction of sp³-hybridized carbons (Fsp3) is 0.538. The van der Waals surface area contributed by atoms with Crippen LogP contribution < -0.4 is 15.0 Å². The van der Waals surface area contributed by atoms with E-state index in [1.165, 1.54) is 31.6 Å². The van der Waals surface area contributed by atoms with Gasteiger partial charge in [0.05, 0.1) is 18.5 Å². The van der Waals surface area contributed by atoms with E-state index in [9.17, 15) is 0 Å². The molecule has 1 saturated heterocycles. The lowest BCUT2D eigenvalue weighted by atomic mass is 9.83. The molecule has 0 amide bonds. The number of aliphatic imine (C=N–C) groups is 1. The van der Waals surface area contributed by atoms with Crippen LogP contribution in [0.2, 0.25) is 0 Å². The van der Waals surface area contributed by atoms with Crippen molar-refractivity contribution in [2.75, 3.05) is 32.3 Å². The van der Waals surface area contributed by atoms with Gasteiger partial charge in [-0.1, -0.05) is 61.1 Å². The Morgan fingerprint density at radius 2 is 1.70 bits per heavy atom. The van der Waals surface area contributed by atoms with Crippen LogP contribution >= 0.6 is 0 Å². The van der Waals surface area contributed by atoms with Crippen LogP contribution in [0.15, 0.2) is 53.1 Å². The largest absolute Gasteiger partial charge is 0.494 e. The Kier molecular flexibility index (Phi) is 18.2. The second kappa shape index (κ2) is 20.7. The van der Waals surface area contributed by atoms with Crippen molar-refractivity contribution in [3.8, 4) is 5.75 Å². The third kappa shape index (κ3) is 9.99. The average Bonchev–Trinajstić information content (AvgIpc) is 3.62. The maximum Gasteiger partial charge on any atom is 0.191 e. The molecule has 3 aliphatic rings. The third-order valence-electron chi connectivity index (χ3n) is 7.80. The molecule has 3 heterocycles. The summed E-state index contributed by atoms with van der Waals surface area (Å²) in [6, 6.07) is 3.53. The molecule has 262 valence electrons. The minimum atomic E-state index is -0.681. The van der Waals surface area contributed by atoms with Gasteiger partial charge in [0.1, 0.15) is 5.69 Å². The zero-order valence-electron chi connectivity index (χ0n) is 31.2. The van der Waals surface area contributed by atoms with Gasteiger partial charge in [-0.25, -0.2) is 8.78 Å². The average molecular weight is 655 g/mol. The quantitative estimate of drug-likeness (QED) is 0.301. The lowest BCUT2D eigenvalue weighted by molar-refractivity contribution is 0.198. The van der Waals surface area contributed by atoms with Crippen LogP contribution in [-0.2, 0) is 16.7 Å². The smallest absolute Gasteiger partial charge is 0.191 e. The molecule has 1 aromatic heterocycles. The molecule has 6 nitrogen and oxygen atoms in total. The monoisotopic (exact) mass is 654 g/mol. The third-order valence-corrected chi connectivity index (χ3v) is 7.80. The zero-order valence-corrected chi connectivity index (χ0v) is 31.2. The van der Waals surface area contributed by atoms with Crippen molar-refractivity contribution in [3.63, 3.8) is 0 Å². The molecule has 0 bridgehead atoms. The summed E-state index contributed by atoms with van der Waals surface area (Å²) in [6.45, 7) is 25.8. The highest BCUT2D eigenvalue weighted by Gasteiger charge is 2.54. The van der Waals surface area contributed by atoms with Crippen molar-refractivity contribution < 1.29 is 18.3 Å². The zero-order chi connectivity index (χ0) is 35.7. The number of halogens is 2. The van der Waals surface area contributed by atoms with Crippen LogP contribution in [0, 0.1) is 18.6 Å². The first-order valence-electron chi connectivity index (χ1n) is 17.3.